The van der Waals surface area contributed by atoms with Gasteiger partial charge in [0.25, 0.3) is 0 Å². The first-order chi connectivity index (χ1) is 10.2. The van der Waals surface area contributed by atoms with Crippen LogP contribution in [0.15, 0.2) is 78.9 Å². The van der Waals surface area contributed by atoms with Crippen molar-refractivity contribution in [2.75, 3.05) is 0 Å². The second-order valence-corrected chi connectivity index (χ2v) is 5.22. The third-order valence-electron chi connectivity index (χ3n) is 3.36. The summed E-state index contributed by atoms with van der Waals surface area (Å²) in [4.78, 5) is 12.4. The molecule has 102 valence electrons. The van der Waals surface area contributed by atoms with Crippen LogP contribution in [-0.4, -0.2) is 5.78 Å². The average molecular weight is 293 g/mol. The lowest BCUT2D eigenvalue weighted by Crippen LogP contribution is -2.00. The van der Waals surface area contributed by atoms with Gasteiger partial charge in [0.2, 0.25) is 0 Å². The summed E-state index contributed by atoms with van der Waals surface area (Å²) < 4.78 is 0. The Labute approximate surface area is 128 Å². The number of rotatable bonds is 3. The van der Waals surface area contributed by atoms with Crippen LogP contribution in [0.3, 0.4) is 0 Å². The Morgan fingerprint density at radius 2 is 1.10 bits per heavy atom. The molecule has 3 aromatic carbocycles. The Kier molecular flexibility index (Phi) is 3.85. The van der Waals surface area contributed by atoms with Gasteiger partial charge in [0.15, 0.2) is 5.78 Å². The summed E-state index contributed by atoms with van der Waals surface area (Å²) in [7, 11) is 0. The predicted molar refractivity (Wildman–Crippen MR) is 86.8 cm³/mol. The summed E-state index contributed by atoms with van der Waals surface area (Å²) in [6, 6.07) is 24.7. The summed E-state index contributed by atoms with van der Waals surface area (Å²) in [5.41, 5.74) is 3.56. The molecule has 3 aromatic rings. The fourth-order valence-corrected chi connectivity index (χ4v) is 2.34. The summed E-state index contributed by atoms with van der Waals surface area (Å²) in [5, 5.41) is 0.631. The van der Waals surface area contributed by atoms with E-state index >= 15 is 0 Å². The van der Waals surface area contributed by atoms with Gasteiger partial charge >= 0.3 is 0 Å². The van der Waals surface area contributed by atoms with Gasteiger partial charge in [0.05, 0.1) is 0 Å². The van der Waals surface area contributed by atoms with Gasteiger partial charge in [-0.15, -0.1) is 0 Å². The molecule has 0 spiro atoms. The molecule has 2 heteroatoms. The fraction of sp³-hybridized carbons (Fsp3) is 0. The van der Waals surface area contributed by atoms with Crippen molar-refractivity contribution in [1.82, 2.24) is 0 Å². The second-order valence-electron chi connectivity index (χ2n) is 4.78. The van der Waals surface area contributed by atoms with Gasteiger partial charge < -0.3 is 0 Å². The topological polar surface area (TPSA) is 17.1 Å². The molecule has 0 atom stereocenters. The largest absolute Gasteiger partial charge is 0.289 e. The Morgan fingerprint density at radius 3 is 1.67 bits per heavy atom. The standard InChI is InChI=1S/C19H13ClO/c20-18-12-10-17(11-13-18)19(21)16-8-6-15(7-9-16)14-4-2-1-3-5-14/h1-13H. The van der Waals surface area contributed by atoms with Crippen LogP contribution < -0.4 is 0 Å². The van der Waals surface area contributed by atoms with Crippen molar-refractivity contribution >= 4 is 17.4 Å². The van der Waals surface area contributed by atoms with Crippen molar-refractivity contribution in [3.05, 3.63) is 95.0 Å². The van der Waals surface area contributed by atoms with Crippen molar-refractivity contribution in [2.45, 2.75) is 0 Å². The lowest BCUT2D eigenvalue weighted by Gasteiger charge is -2.04. The number of halogens is 1. The maximum atomic E-state index is 12.4. The van der Waals surface area contributed by atoms with Crippen molar-refractivity contribution in [3.8, 4) is 11.1 Å². The molecule has 0 N–H and O–H groups in total. The first kappa shape index (κ1) is 13.6. The minimum Gasteiger partial charge on any atom is -0.289 e. The van der Waals surface area contributed by atoms with E-state index in [1.807, 2.05) is 42.5 Å². The van der Waals surface area contributed by atoms with Gasteiger partial charge in [-0.25, -0.2) is 0 Å². The van der Waals surface area contributed by atoms with E-state index in [-0.39, 0.29) is 5.78 Å². The molecule has 3 rings (SSSR count). The van der Waals surface area contributed by atoms with Gasteiger partial charge in [-0.1, -0.05) is 66.2 Å². The quantitative estimate of drug-likeness (QED) is 0.603. The maximum absolute atomic E-state index is 12.4. The molecule has 0 aromatic heterocycles. The minimum atomic E-state index is 0.00581. The molecule has 0 radical (unpaired) electrons. The molecule has 0 fully saturated rings. The highest BCUT2D eigenvalue weighted by Crippen LogP contribution is 2.21. The van der Waals surface area contributed by atoms with Crippen molar-refractivity contribution < 1.29 is 4.79 Å². The van der Waals surface area contributed by atoms with Crippen LogP contribution >= 0.6 is 11.6 Å². The average Bonchev–Trinajstić information content (AvgIpc) is 2.56. The van der Waals surface area contributed by atoms with Crippen molar-refractivity contribution in [1.29, 1.82) is 0 Å². The lowest BCUT2D eigenvalue weighted by atomic mass is 9.99. The number of benzene rings is 3. The molecule has 0 bridgehead atoms. The first-order valence-corrected chi connectivity index (χ1v) is 7.07. The maximum Gasteiger partial charge on any atom is 0.193 e. The molecule has 0 aliphatic carbocycles. The van der Waals surface area contributed by atoms with E-state index in [1.54, 1.807) is 24.3 Å². The molecule has 0 saturated carbocycles. The van der Waals surface area contributed by atoms with Gasteiger partial charge in [0.1, 0.15) is 0 Å². The van der Waals surface area contributed by atoms with E-state index < -0.39 is 0 Å². The number of hydrogen-bond donors (Lipinski definition) is 0. The molecule has 1 nitrogen and oxygen atoms in total. The normalized spacial score (nSPS) is 10.3. The third-order valence-corrected chi connectivity index (χ3v) is 3.61. The van der Waals surface area contributed by atoms with Gasteiger partial charge in [-0.05, 0) is 35.4 Å². The van der Waals surface area contributed by atoms with Crippen molar-refractivity contribution in [3.63, 3.8) is 0 Å². The van der Waals surface area contributed by atoms with Gasteiger partial charge in [0, 0.05) is 16.1 Å². The Bertz CT molecular complexity index is 744. The molecule has 0 heterocycles. The molecule has 0 aliphatic rings. The number of hydrogen-bond acceptors (Lipinski definition) is 1. The van der Waals surface area contributed by atoms with Crippen molar-refractivity contribution in [2.24, 2.45) is 0 Å². The zero-order valence-electron chi connectivity index (χ0n) is 11.3. The third kappa shape index (κ3) is 3.04. The molecule has 0 saturated heterocycles. The highest BCUT2D eigenvalue weighted by atomic mass is 35.5. The molecule has 0 amide bonds. The van der Waals surface area contributed by atoms with Crippen LogP contribution in [0.2, 0.25) is 5.02 Å². The Morgan fingerprint density at radius 1 is 0.619 bits per heavy atom. The van der Waals surface area contributed by atoms with Gasteiger partial charge in [-0.2, -0.15) is 0 Å². The highest BCUT2D eigenvalue weighted by molar-refractivity contribution is 6.30. The molecule has 0 aliphatic heterocycles. The summed E-state index contributed by atoms with van der Waals surface area (Å²) in [6.07, 6.45) is 0. The van der Waals surface area contributed by atoms with Crippen LogP contribution in [-0.2, 0) is 0 Å². The SMILES string of the molecule is O=C(c1ccc(Cl)cc1)c1ccc(-c2ccccc2)cc1. The predicted octanol–water partition coefficient (Wildman–Crippen LogP) is 5.24. The second kappa shape index (κ2) is 5.94. The number of ketones is 1. The molecule has 0 unspecified atom stereocenters. The summed E-state index contributed by atoms with van der Waals surface area (Å²) in [5.74, 6) is 0.00581. The minimum absolute atomic E-state index is 0.00581. The van der Waals surface area contributed by atoms with Crippen LogP contribution in [0.4, 0.5) is 0 Å². The van der Waals surface area contributed by atoms with E-state index in [1.165, 1.54) is 0 Å². The van der Waals surface area contributed by atoms with Crippen LogP contribution in [0, 0.1) is 0 Å². The summed E-state index contributed by atoms with van der Waals surface area (Å²) >= 11 is 5.84. The van der Waals surface area contributed by atoms with E-state index in [0.717, 1.165) is 11.1 Å². The zero-order valence-corrected chi connectivity index (χ0v) is 12.0. The number of carbonyl (C=O) groups is 1. The van der Waals surface area contributed by atoms with Gasteiger partial charge in [-0.3, -0.25) is 4.79 Å². The van der Waals surface area contributed by atoms with E-state index in [4.69, 9.17) is 11.6 Å². The molecular formula is C19H13ClO. The highest BCUT2D eigenvalue weighted by Gasteiger charge is 2.09. The van der Waals surface area contributed by atoms with Crippen LogP contribution in [0.1, 0.15) is 15.9 Å². The zero-order chi connectivity index (χ0) is 14.7. The Balaban J connectivity index is 1.87. The smallest absolute Gasteiger partial charge is 0.193 e. The molecular weight excluding hydrogens is 280 g/mol. The van der Waals surface area contributed by atoms with Crippen LogP contribution in [0.5, 0.6) is 0 Å². The Hall–Kier alpha value is -2.38. The van der Waals surface area contributed by atoms with E-state index in [0.29, 0.717) is 16.1 Å². The number of carbonyl (C=O) groups excluding carboxylic acids is 1. The molecule has 21 heavy (non-hydrogen) atoms. The van der Waals surface area contributed by atoms with Crippen LogP contribution in [0.25, 0.3) is 11.1 Å². The lowest BCUT2D eigenvalue weighted by molar-refractivity contribution is 0.103. The summed E-state index contributed by atoms with van der Waals surface area (Å²) in [6.45, 7) is 0. The monoisotopic (exact) mass is 292 g/mol. The first-order valence-electron chi connectivity index (χ1n) is 6.70. The fourth-order valence-electron chi connectivity index (χ4n) is 2.21. The van der Waals surface area contributed by atoms with E-state index in [2.05, 4.69) is 12.1 Å². The van der Waals surface area contributed by atoms with E-state index in [9.17, 15) is 4.79 Å².